The molecule has 1 N–H and O–H groups in total. The molecule has 124 valence electrons. The predicted molar refractivity (Wildman–Crippen MR) is 82.2 cm³/mol. The average molecular weight is 338 g/mol. The van der Waals surface area contributed by atoms with Crippen molar-refractivity contribution in [2.24, 2.45) is 0 Å². The number of carboxylic acid groups (broad SMARTS) is 1. The fourth-order valence-electron chi connectivity index (χ4n) is 3.13. The maximum atomic E-state index is 12.4. The van der Waals surface area contributed by atoms with E-state index in [4.69, 9.17) is 0 Å². The molecule has 1 aromatic rings. The van der Waals surface area contributed by atoms with Gasteiger partial charge in [0.1, 0.15) is 0 Å². The van der Waals surface area contributed by atoms with Crippen LogP contribution < -0.4 is 0 Å². The first-order chi connectivity index (χ1) is 10.9. The quantitative estimate of drug-likeness (QED) is 0.851. The topological polar surface area (TPSA) is 95.0 Å². The lowest BCUT2D eigenvalue weighted by molar-refractivity contribution is -0.141. The number of carbonyl (C=O) groups excluding carboxylic acids is 1. The number of rotatable bonds is 3. The highest BCUT2D eigenvalue weighted by molar-refractivity contribution is 7.89. The number of amides is 1. The van der Waals surface area contributed by atoms with E-state index in [0.717, 1.165) is 11.1 Å². The van der Waals surface area contributed by atoms with Gasteiger partial charge < -0.3 is 10.0 Å². The number of carboxylic acids is 1. The third-order valence-corrected chi connectivity index (χ3v) is 6.26. The molecular formula is C15H18N2O5S. The first kappa shape index (κ1) is 15.9. The van der Waals surface area contributed by atoms with Gasteiger partial charge in [-0.1, -0.05) is 24.3 Å². The summed E-state index contributed by atoms with van der Waals surface area (Å²) in [4.78, 5) is 25.4. The molecule has 2 aliphatic rings. The van der Waals surface area contributed by atoms with E-state index in [1.807, 2.05) is 0 Å². The van der Waals surface area contributed by atoms with Crippen LogP contribution in [0.15, 0.2) is 24.3 Å². The van der Waals surface area contributed by atoms with Crippen LogP contribution in [0.5, 0.6) is 0 Å². The molecule has 23 heavy (non-hydrogen) atoms. The van der Waals surface area contributed by atoms with E-state index in [-0.39, 0.29) is 24.7 Å². The smallest absolute Gasteiger partial charge is 0.312 e. The van der Waals surface area contributed by atoms with Crippen molar-refractivity contribution in [2.75, 3.05) is 25.4 Å². The Morgan fingerprint density at radius 2 is 2.00 bits per heavy atom. The highest BCUT2D eigenvalue weighted by Gasteiger charge is 2.35. The van der Waals surface area contributed by atoms with E-state index in [9.17, 15) is 23.1 Å². The number of carbonyl (C=O) groups is 2. The van der Waals surface area contributed by atoms with Crippen molar-refractivity contribution >= 4 is 21.9 Å². The van der Waals surface area contributed by atoms with Crippen LogP contribution in [-0.4, -0.2) is 60.0 Å². The normalized spacial score (nSPS) is 23.5. The van der Waals surface area contributed by atoms with Crippen LogP contribution in [0.4, 0.5) is 0 Å². The third kappa shape index (κ3) is 3.09. The molecule has 1 amide bonds. The summed E-state index contributed by atoms with van der Waals surface area (Å²) in [7, 11) is -3.34. The SMILES string of the molecule is O=C(O)C1CN(C(=O)CN2CCCS2(=O)=O)Cc2ccccc21. The average Bonchev–Trinajstić information content (AvgIpc) is 2.84. The van der Waals surface area contributed by atoms with Crippen molar-refractivity contribution in [3.63, 3.8) is 0 Å². The standard InChI is InChI=1S/C15H18N2O5S/c18-14(10-17-6-3-7-23(17,21)22)16-8-11-4-1-2-5-12(11)13(9-16)15(19)20/h1-2,4-5,13H,3,6-10H2,(H,19,20). The number of hydrogen-bond donors (Lipinski definition) is 1. The van der Waals surface area contributed by atoms with Gasteiger partial charge in [0.2, 0.25) is 15.9 Å². The molecule has 1 atom stereocenters. The van der Waals surface area contributed by atoms with Crippen LogP contribution >= 0.6 is 0 Å². The molecule has 2 aliphatic heterocycles. The summed E-state index contributed by atoms with van der Waals surface area (Å²) in [5.41, 5.74) is 1.52. The van der Waals surface area contributed by atoms with Gasteiger partial charge in [0.15, 0.2) is 0 Å². The Morgan fingerprint density at radius 1 is 1.26 bits per heavy atom. The molecule has 1 unspecified atom stereocenters. The van der Waals surface area contributed by atoms with Gasteiger partial charge in [-0.3, -0.25) is 9.59 Å². The molecule has 0 spiro atoms. The second-order valence-corrected chi connectivity index (χ2v) is 7.96. The van der Waals surface area contributed by atoms with Crippen LogP contribution in [0, 0.1) is 0 Å². The number of sulfonamides is 1. The van der Waals surface area contributed by atoms with Gasteiger partial charge in [-0.2, -0.15) is 4.31 Å². The van der Waals surface area contributed by atoms with Gasteiger partial charge in [0, 0.05) is 19.6 Å². The Hall–Kier alpha value is -1.93. The monoisotopic (exact) mass is 338 g/mol. The van der Waals surface area contributed by atoms with Gasteiger partial charge in [0.25, 0.3) is 0 Å². The third-order valence-electron chi connectivity index (χ3n) is 4.36. The molecule has 1 saturated heterocycles. The number of aliphatic carboxylic acids is 1. The van der Waals surface area contributed by atoms with Gasteiger partial charge in [-0.25, -0.2) is 8.42 Å². The summed E-state index contributed by atoms with van der Waals surface area (Å²) in [5.74, 6) is -2.04. The highest BCUT2D eigenvalue weighted by atomic mass is 32.2. The first-order valence-corrected chi connectivity index (χ1v) is 9.05. The molecule has 3 rings (SSSR count). The zero-order chi connectivity index (χ0) is 16.6. The minimum absolute atomic E-state index is 0.0685. The lowest BCUT2D eigenvalue weighted by Crippen LogP contribution is -2.45. The molecule has 7 nitrogen and oxygen atoms in total. The maximum Gasteiger partial charge on any atom is 0.312 e. The number of nitrogens with zero attached hydrogens (tertiary/aromatic N) is 2. The molecule has 0 bridgehead atoms. The fraction of sp³-hybridized carbons (Fsp3) is 0.467. The fourth-order valence-corrected chi connectivity index (χ4v) is 4.59. The molecule has 2 heterocycles. The number of hydrogen-bond acceptors (Lipinski definition) is 4. The minimum Gasteiger partial charge on any atom is -0.481 e. The van der Waals surface area contributed by atoms with Crippen LogP contribution in [0.3, 0.4) is 0 Å². The van der Waals surface area contributed by atoms with E-state index in [1.165, 1.54) is 9.21 Å². The largest absolute Gasteiger partial charge is 0.481 e. The molecule has 8 heteroatoms. The van der Waals surface area contributed by atoms with Crippen LogP contribution in [0.1, 0.15) is 23.5 Å². The Bertz CT molecular complexity index is 746. The van der Waals surface area contributed by atoms with Crippen molar-refractivity contribution < 1.29 is 23.1 Å². The summed E-state index contributed by atoms with van der Waals surface area (Å²) in [6.45, 7) is 0.517. The highest BCUT2D eigenvalue weighted by Crippen LogP contribution is 2.28. The van der Waals surface area contributed by atoms with Crippen LogP contribution in [-0.2, 0) is 26.2 Å². The van der Waals surface area contributed by atoms with E-state index >= 15 is 0 Å². The lowest BCUT2D eigenvalue weighted by atomic mass is 9.90. The summed E-state index contributed by atoms with van der Waals surface area (Å²) in [6, 6.07) is 7.15. The van der Waals surface area contributed by atoms with Crippen molar-refractivity contribution in [3.8, 4) is 0 Å². The summed E-state index contributed by atoms with van der Waals surface area (Å²) < 4.78 is 24.8. The van der Waals surface area contributed by atoms with Gasteiger partial charge in [0.05, 0.1) is 18.2 Å². The predicted octanol–water partition coefficient (Wildman–Crippen LogP) is 0.233. The Kier molecular flexibility index (Phi) is 4.11. The molecule has 0 aromatic heterocycles. The summed E-state index contributed by atoms with van der Waals surface area (Å²) in [6.07, 6.45) is 0.524. The first-order valence-electron chi connectivity index (χ1n) is 7.45. The molecule has 0 radical (unpaired) electrons. The Balaban J connectivity index is 1.79. The number of benzene rings is 1. The Morgan fingerprint density at radius 3 is 2.65 bits per heavy atom. The summed E-state index contributed by atoms with van der Waals surface area (Å²) in [5, 5.41) is 9.41. The second kappa shape index (κ2) is 5.93. The molecule has 0 saturated carbocycles. The van der Waals surface area contributed by atoms with Crippen molar-refractivity contribution in [1.82, 2.24) is 9.21 Å². The van der Waals surface area contributed by atoms with E-state index in [0.29, 0.717) is 19.5 Å². The number of fused-ring (bicyclic) bond motifs is 1. The molecule has 0 aliphatic carbocycles. The molecular weight excluding hydrogens is 320 g/mol. The molecule has 1 fully saturated rings. The van der Waals surface area contributed by atoms with E-state index in [1.54, 1.807) is 24.3 Å². The Labute approximate surface area is 134 Å². The van der Waals surface area contributed by atoms with Crippen molar-refractivity contribution in [2.45, 2.75) is 18.9 Å². The van der Waals surface area contributed by atoms with Crippen molar-refractivity contribution in [3.05, 3.63) is 35.4 Å². The minimum atomic E-state index is -3.34. The zero-order valence-electron chi connectivity index (χ0n) is 12.5. The zero-order valence-corrected chi connectivity index (χ0v) is 13.3. The van der Waals surface area contributed by atoms with Gasteiger partial charge in [-0.15, -0.1) is 0 Å². The summed E-state index contributed by atoms with van der Waals surface area (Å²) >= 11 is 0. The second-order valence-electron chi connectivity index (χ2n) is 5.87. The van der Waals surface area contributed by atoms with Crippen molar-refractivity contribution in [1.29, 1.82) is 0 Å². The van der Waals surface area contributed by atoms with Crippen LogP contribution in [0.25, 0.3) is 0 Å². The molecule has 1 aromatic carbocycles. The van der Waals surface area contributed by atoms with E-state index in [2.05, 4.69) is 0 Å². The maximum absolute atomic E-state index is 12.4. The van der Waals surface area contributed by atoms with E-state index < -0.39 is 21.9 Å². The van der Waals surface area contributed by atoms with Gasteiger partial charge in [-0.05, 0) is 17.5 Å². The van der Waals surface area contributed by atoms with Gasteiger partial charge >= 0.3 is 5.97 Å². The lowest BCUT2D eigenvalue weighted by Gasteiger charge is -2.33. The van der Waals surface area contributed by atoms with Crippen LogP contribution in [0.2, 0.25) is 0 Å².